The third-order valence-electron chi connectivity index (χ3n) is 5.82. The number of hydrogen-bond donors (Lipinski definition) is 1. The van der Waals surface area contributed by atoms with Crippen molar-refractivity contribution in [3.8, 4) is 0 Å². The van der Waals surface area contributed by atoms with Crippen molar-refractivity contribution in [2.45, 2.75) is 142 Å². The molecule has 0 saturated carbocycles. The van der Waals surface area contributed by atoms with Gasteiger partial charge in [-0.15, -0.1) is 0 Å². The number of hydrogen-bond acceptors (Lipinski definition) is 4. The van der Waals surface area contributed by atoms with E-state index in [-0.39, 0.29) is 22.3 Å². The van der Waals surface area contributed by atoms with Crippen LogP contribution in [0.2, 0.25) is 0 Å². The van der Waals surface area contributed by atoms with Crippen LogP contribution in [0, 0.1) is 0 Å². The minimum absolute atomic E-state index is 0. The average molecular weight is 552 g/mol. The number of amides is 2. The molecule has 2 N–H and O–H groups in total. The summed E-state index contributed by atoms with van der Waals surface area (Å²) in [6, 6.07) is 0. The van der Waals surface area contributed by atoms with E-state index in [1.807, 2.05) is 4.90 Å². The van der Waals surface area contributed by atoms with Crippen molar-refractivity contribution in [2.75, 3.05) is 13.1 Å². The summed E-state index contributed by atoms with van der Waals surface area (Å²) in [5, 5.41) is -0.896. The molecule has 0 aromatic carbocycles. The molecule has 0 aliphatic heterocycles. The summed E-state index contributed by atoms with van der Waals surface area (Å²) < 4.78 is 0. The Bertz CT molecular complexity index is 388. The summed E-state index contributed by atoms with van der Waals surface area (Å²) in [5.74, 6) is 0. The molecular weight excluding hydrogens is 500 g/mol. The van der Waals surface area contributed by atoms with Crippen LogP contribution in [0.4, 0.5) is 9.59 Å². The number of unbranched alkanes of at least 4 members (excludes halogenated alkanes) is 18. The van der Waals surface area contributed by atoms with Gasteiger partial charge in [0.2, 0.25) is 0 Å². The second-order valence-corrected chi connectivity index (χ2v) is 9.69. The number of nitrogens with zero attached hydrogens (tertiary/aromatic N) is 1. The van der Waals surface area contributed by atoms with Gasteiger partial charge in [0.25, 0.3) is 0 Å². The molecule has 0 unspecified atom stereocenters. The van der Waals surface area contributed by atoms with Crippen molar-refractivity contribution in [2.24, 2.45) is 5.73 Å². The zero-order valence-electron chi connectivity index (χ0n) is 21.5. The molecule has 0 atom stereocenters. The summed E-state index contributed by atoms with van der Waals surface area (Å²) in [7, 11) is 0. The molecule has 0 spiro atoms. The summed E-state index contributed by atoms with van der Waals surface area (Å²) in [6.07, 6.45) is 26.7. The van der Waals surface area contributed by atoms with E-state index in [9.17, 15) is 4.79 Å². The van der Waals surface area contributed by atoms with Crippen LogP contribution in [0.25, 0.3) is 0 Å². The Morgan fingerprint density at radius 1 is 0.545 bits per heavy atom. The van der Waals surface area contributed by atoms with Crippen LogP contribution in [0.1, 0.15) is 142 Å². The van der Waals surface area contributed by atoms with Crippen LogP contribution in [0.5, 0.6) is 0 Å². The largest absolute Gasteiger partial charge is 2.00 e. The number of carbonyl (C=O) groups excluding carboxylic acids is 2. The number of rotatable bonds is 22. The van der Waals surface area contributed by atoms with Gasteiger partial charge >= 0.3 is 17.1 Å². The van der Waals surface area contributed by atoms with Gasteiger partial charge in [0.1, 0.15) is 5.24 Å². The van der Waals surface area contributed by atoms with E-state index in [1.165, 1.54) is 116 Å². The van der Waals surface area contributed by atoms with Gasteiger partial charge < -0.3 is 45.5 Å². The Labute approximate surface area is 227 Å². The Balaban J connectivity index is -0.00000165. The van der Waals surface area contributed by atoms with Crippen molar-refractivity contribution in [3.63, 3.8) is 0 Å². The van der Waals surface area contributed by atoms with Gasteiger partial charge in [-0.3, -0.25) is 0 Å². The average Bonchev–Trinajstić information content (AvgIpc) is 2.74. The van der Waals surface area contributed by atoms with Crippen molar-refractivity contribution in [3.05, 3.63) is 0 Å². The van der Waals surface area contributed by atoms with E-state index < -0.39 is 5.24 Å². The molecule has 0 heterocycles. The number of carbonyl (C=O) groups is 2. The molecule has 0 rings (SSSR count). The maximum atomic E-state index is 11.7. The Kier molecular flexibility index (Phi) is 36.2. The summed E-state index contributed by atoms with van der Waals surface area (Å²) >= 11 is 8.69. The maximum absolute atomic E-state index is 11.7. The summed E-state index contributed by atoms with van der Waals surface area (Å²) in [6.45, 7) is 6.28. The third kappa shape index (κ3) is 36.6. The fourth-order valence-corrected chi connectivity index (χ4v) is 4.06. The van der Waals surface area contributed by atoms with Crippen molar-refractivity contribution in [1.29, 1.82) is 0 Å². The second-order valence-electron chi connectivity index (χ2n) is 8.94. The van der Waals surface area contributed by atoms with E-state index in [2.05, 4.69) is 32.2 Å². The Hall–Kier alpha value is -0.101. The molecule has 0 aliphatic rings. The molecule has 0 bridgehead atoms. The van der Waals surface area contributed by atoms with Crippen LogP contribution < -0.4 is 5.73 Å². The summed E-state index contributed by atoms with van der Waals surface area (Å²) in [4.78, 5) is 22.6. The molecule has 33 heavy (non-hydrogen) atoms. The van der Waals surface area contributed by atoms with Crippen LogP contribution in [-0.4, -0.2) is 28.5 Å². The van der Waals surface area contributed by atoms with Crippen LogP contribution >= 0.6 is 0 Å². The molecule has 0 saturated heterocycles. The zero-order valence-corrected chi connectivity index (χ0v) is 24.1. The minimum atomic E-state index is -0.750. The first-order chi connectivity index (χ1) is 15.5. The first-order valence-electron chi connectivity index (χ1n) is 13.4. The molecule has 4 nitrogen and oxygen atoms in total. The van der Waals surface area contributed by atoms with Crippen molar-refractivity contribution in [1.82, 2.24) is 4.90 Å². The number of primary amides is 1. The fraction of sp³-hybridized carbons (Fsp3) is 0.923. The Morgan fingerprint density at radius 3 is 0.970 bits per heavy atom. The van der Waals surface area contributed by atoms with Crippen LogP contribution in [0.3, 0.4) is 0 Å². The van der Waals surface area contributed by atoms with Gasteiger partial charge in [-0.2, -0.15) is 0 Å². The van der Waals surface area contributed by atoms with Gasteiger partial charge in [-0.1, -0.05) is 129 Å². The van der Waals surface area contributed by atoms with Crippen LogP contribution in [-0.2, 0) is 42.3 Å². The molecule has 201 valence electrons. The monoisotopic (exact) mass is 551 g/mol. The van der Waals surface area contributed by atoms with E-state index in [0.717, 1.165) is 25.9 Å². The normalized spacial score (nSPS) is 10.1. The van der Waals surface area contributed by atoms with E-state index in [0.29, 0.717) is 0 Å². The van der Waals surface area contributed by atoms with Crippen molar-refractivity contribution < 1.29 is 26.7 Å². The SMILES string of the molecule is CCCCCCCCCCCCN(CCCCCCCCCCCC)C(=O)[S-].NC(=O)[S-].[Cu+2]. The van der Waals surface area contributed by atoms with Crippen LogP contribution in [0.15, 0.2) is 0 Å². The molecule has 0 aromatic rings. The fourth-order valence-electron chi connectivity index (χ4n) is 3.87. The molecular formula is C26H52CuN2O2S2. The maximum Gasteiger partial charge on any atom is 2.00 e. The standard InChI is InChI=1S/C25H51NOS.CH3NOS.Cu/c1-3-5-7-9-11-13-15-17-19-21-23-26(25(27)28)24-22-20-18-16-14-12-10-8-6-4-2;2-1(3)4;/h3-24H2,1-2H3,(H,27,28);(H3,2,3,4);/q;;+2/p-2. The second kappa shape index (κ2) is 31.9. The van der Waals surface area contributed by atoms with Gasteiger partial charge in [0.15, 0.2) is 0 Å². The number of nitrogens with two attached hydrogens (primary N) is 1. The Morgan fingerprint density at radius 2 is 0.758 bits per heavy atom. The third-order valence-corrected chi connectivity index (χ3v) is 6.08. The van der Waals surface area contributed by atoms with Gasteiger partial charge in [0, 0.05) is 13.1 Å². The van der Waals surface area contributed by atoms with E-state index >= 15 is 0 Å². The molecule has 2 amide bonds. The smallest absolute Gasteiger partial charge is 0.719 e. The molecule has 0 aliphatic carbocycles. The summed E-state index contributed by atoms with van der Waals surface area (Å²) in [5.41, 5.74) is 4.29. The molecule has 0 aromatic heterocycles. The first-order valence-corrected chi connectivity index (χ1v) is 14.2. The van der Waals surface area contributed by atoms with Gasteiger partial charge in [-0.05, 0) is 12.8 Å². The van der Waals surface area contributed by atoms with Gasteiger partial charge in [0.05, 0.1) is 5.24 Å². The molecule has 0 fully saturated rings. The molecule has 1 radical (unpaired) electrons. The minimum Gasteiger partial charge on any atom is -0.719 e. The van der Waals surface area contributed by atoms with Gasteiger partial charge in [-0.25, -0.2) is 0 Å². The molecule has 7 heteroatoms. The zero-order chi connectivity index (χ0) is 24.3. The predicted molar refractivity (Wildman–Crippen MR) is 145 cm³/mol. The topological polar surface area (TPSA) is 63.4 Å². The van der Waals surface area contributed by atoms with E-state index in [4.69, 9.17) is 17.4 Å². The predicted octanol–water partition coefficient (Wildman–Crippen LogP) is 8.41. The van der Waals surface area contributed by atoms with E-state index in [1.54, 1.807) is 0 Å². The van der Waals surface area contributed by atoms with Crippen molar-refractivity contribution >= 4 is 35.7 Å². The quantitative estimate of drug-likeness (QED) is 0.0832. The first kappa shape index (κ1) is 37.4.